The van der Waals surface area contributed by atoms with E-state index in [-0.39, 0.29) is 24.3 Å². The van der Waals surface area contributed by atoms with Gasteiger partial charge in [-0.3, -0.25) is 9.59 Å². The van der Waals surface area contributed by atoms with E-state index in [1.165, 1.54) is 6.92 Å². The SMILES string of the molecule is CC(=O)NC(Cc1c[nH]c2ccccc12)C(=O)NCC(O)C1CCOCC1. The van der Waals surface area contributed by atoms with Gasteiger partial charge in [0.05, 0.1) is 6.10 Å². The number of aliphatic hydroxyl groups is 1. The fourth-order valence-electron chi connectivity index (χ4n) is 3.57. The number of aromatic nitrogens is 1. The molecule has 1 saturated heterocycles. The topological polar surface area (TPSA) is 103 Å². The van der Waals surface area contributed by atoms with Crippen molar-refractivity contribution >= 4 is 22.7 Å². The number of hydrogen-bond acceptors (Lipinski definition) is 4. The molecule has 1 aliphatic rings. The third-order valence-electron chi connectivity index (χ3n) is 5.09. The molecule has 1 fully saturated rings. The highest BCUT2D eigenvalue weighted by Crippen LogP contribution is 2.20. The van der Waals surface area contributed by atoms with Crippen molar-refractivity contribution in [2.75, 3.05) is 19.8 Å². The predicted molar refractivity (Wildman–Crippen MR) is 102 cm³/mol. The summed E-state index contributed by atoms with van der Waals surface area (Å²) in [5.41, 5.74) is 1.95. The van der Waals surface area contributed by atoms with Crippen molar-refractivity contribution in [3.63, 3.8) is 0 Å². The molecular formula is C20H27N3O4. The van der Waals surface area contributed by atoms with Gasteiger partial charge in [0.15, 0.2) is 0 Å². The lowest BCUT2D eigenvalue weighted by atomic mass is 9.94. The second-order valence-electron chi connectivity index (χ2n) is 7.08. The summed E-state index contributed by atoms with van der Waals surface area (Å²) in [6.07, 6.45) is 3.22. The van der Waals surface area contributed by atoms with E-state index in [1.54, 1.807) is 0 Å². The molecule has 2 unspecified atom stereocenters. The van der Waals surface area contributed by atoms with Crippen LogP contribution in [0.3, 0.4) is 0 Å². The number of nitrogens with one attached hydrogen (secondary N) is 3. The van der Waals surface area contributed by atoms with Gasteiger partial charge in [-0.25, -0.2) is 0 Å². The number of ether oxygens (including phenoxy) is 1. The Morgan fingerprint density at radius 1 is 1.30 bits per heavy atom. The lowest BCUT2D eigenvalue weighted by Gasteiger charge is -2.27. The van der Waals surface area contributed by atoms with Crippen LogP contribution in [0.4, 0.5) is 0 Å². The Morgan fingerprint density at radius 3 is 2.78 bits per heavy atom. The van der Waals surface area contributed by atoms with E-state index in [0.29, 0.717) is 19.6 Å². The van der Waals surface area contributed by atoms with Crippen molar-refractivity contribution in [1.82, 2.24) is 15.6 Å². The van der Waals surface area contributed by atoms with Gasteiger partial charge in [-0.05, 0) is 30.4 Å². The van der Waals surface area contributed by atoms with Gasteiger partial charge in [-0.15, -0.1) is 0 Å². The third kappa shape index (κ3) is 5.08. The number of aromatic amines is 1. The van der Waals surface area contributed by atoms with E-state index in [4.69, 9.17) is 4.74 Å². The number of aliphatic hydroxyl groups excluding tert-OH is 1. The van der Waals surface area contributed by atoms with E-state index >= 15 is 0 Å². The van der Waals surface area contributed by atoms with Crippen LogP contribution in [0.2, 0.25) is 0 Å². The molecule has 2 aromatic rings. The van der Waals surface area contributed by atoms with Gasteiger partial charge in [0.1, 0.15) is 6.04 Å². The molecule has 2 heterocycles. The zero-order chi connectivity index (χ0) is 19.2. The largest absolute Gasteiger partial charge is 0.391 e. The molecule has 0 saturated carbocycles. The Kier molecular flexibility index (Phi) is 6.47. The molecule has 2 atom stereocenters. The van der Waals surface area contributed by atoms with E-state index < -0.39 is 12.1 Å². The zero-order valence-corrected chi connectivity index (χ0v) is 15.5. The highest BCUT2D eigenvalue weighted by atomic mass is 16.5. The van der Waals surface area contributed by atoms with Crippen molar-refractivity contribution in [1.29, 1.82) is 0 Å². The summed E-state index contributed by atoms with van der Waals surface area (Å²) in [4.78, 5) is 27.4. The molecule has 1 aliphatic heterocycles. The van der Waals surface area contributed by atoms with E-state index in [0.717, 1.165) is 29.3 Å². The molecule has 0 bridgehead atoms. The molecule has 7 nitrogen and oxygen atoms in total. The molecule has 0 aliphatic carbocycles. The zero-order valence-electron chi connectivity index (χ0n) is 15.5. The number of benzene rings is 1. The number of amides is 2. The van der Waals surface area contributed by atoms with Crippen LogP contribution in [0.5, 0.6) is 0 Å². The quantitative estimate of drug-likeness (QED) is 0.584. The van der Waals surface area contributed by atoms with Crippen LogP contribution < -0.4 is 10.6 Å². The number of fused-ring (bicyclic) bond motifs is 1. The van der Waals surface area contributed by atoms with Crippen molar-refractivity contribution < 1.29 is 19.4 Å². The lowest BCUT2D eigenvalue weighted by Crippen LogP contribution is -2.49. The van der Waals surface area contributed by atoms with Crippen LogP contribution >= 0.6 is 0 Å². The molecule has 1 aromatic heterocycles. The molecule has 7 heteroatoms. The van der Waals surface area contributed by atoms with Gasteiger partial charge in [0.2, 0.25) is 11.8 Å². The normalized spacial score (nSPS) is 17.4. The highest BCUT2D eigenvalue weighted by molar-refractivity contribution is 5.89. The molecule has 4 N–H and O–H groups in total. The van der Waals surface area contributed by atoms with Gasteiger partial charge in [0.25, 0.3) is 0 Å². The summed E-state index contributed by atoms with van der Waals surface area (Å²) in [5, 5.41) is 16.9. The van der Waals surface area contributed by atoms with Gasteiger partial charge >= 0.3 is 0 Å². The number of rotatable bonds is 7. The molecular weight excluding hydrogens is 346 g/mol. The van der Waals surface area contributed by atoms with E-state index in [9.17, 15) is 14.7 Å². The number of H-pyrrole nitrogens is 1. The summed E-state index contributed by atoms with van der Waals surface area (Å²) >= 11 is 0. The Bertz CT molecular complexity index is 782. The summed E-state index contributed by atoms with van der Waals surface area (Å²) in [5.74, 6) is -0.423. The Hall–Kier alpha value is -2.38. The molecule has 0 radical (unpaired) electrons. The lowest BCUT2D eigenvalue weighted by molar-refractivity contribution is -0.128. The van der Waals surface area contributed by atoms with Crippen molar-refractivity contribution in [3.05, 3.63) is 36.0 Å². The average molecular weight is 373 g/mol. The van der Waals surface area contributed by atoms with Gasteiger partial charge in [0, 0.05) is 50.2 Å². The molecule has 1 aromatic carbocycles. The minimum absolute atomic E-state index is 0.131. The van der Waals surface area contributed by atoms with Crippen LogP contribution in [-0.2, 0) is 20.7 Å². The van der Waals surface area contributed by atoms with Crippen LogP contribution in [0.15, 0.2) is 30.5 Å². The Balaban J connectivity index is 1.63. The summed E-state index contributed by atoms with van der Waals surface area (Å²) in [7, 11) is 0. The number of carbonyl (C=O) groups is 2. The second kappa shape index (κ2) is 9.01. The molecule has 2 amide bonds. The monoisotopic (exact) mass is 373 g/mol. The van der Waals surface area contributed by atoms with E-state index in [2.05, 4.69) is 15.6 Å². The first kappa shape index (κ1) is 19.4. The fraction of sp³-hybridized carbons (Fsp3) is 0.500. The summed E-state index contributed by atoms with van der Waals surface area (Å²) in [6.45, 7) is 2.86. The molecule has 146 valence electrons. The van der Waals surface area contributed by atoms with Crippen molar-refractivity contribution in [3.8, 4) is 0 Å². The van der Waals surface area contributed by atoms with Crippen molar-refractivity contribution in [2.45, 2.75) is 38.3 Å². The first-order valence-electron chi connectivity index (χ1n) is 9.40. The average Bonchev–Trinajstić information content (AvgIpc) is 3.08. The second-order valence-corrected chi connectivity index (χ2v) is 7.08. The number of para-hydroxylation sites is 1. The minimum Gasteiger partial charge on any atom is -0.391 e. The third-order valence-corrected chi connectivity index (χ3v) is 5.09. The maximum absolute atomic E-state index is 12.7. The van der Waals surface area contributed by atoms with Crippen LogP contribution in [-0.4, -0.2) is 53.8 Å². The van der Waals surface area contributed by atoms with Gasteiger partial charge < -0.3 is 25.5 Å². The first-order valence-corrected chi connectivity index (χ1v) is 9.40. The van der Waals surface area contributed by atoms with Gasteiger partial charge in [-0.1, -0.05) is 18.2 Å². The highest BCUT2D eigenvalue weighted by Gasteiger charge is 2.25. The fourth-order valence-corrected chi connectivity index (χ4v) is 3.57. The maximum Gasteiger partial charge on any atom is 0.243 e. The number of carbonyl (C=O) groups excluding carboxylic acids is 2. The van der Waals surface area contributed by atoms with E-state index in [1.807, 2.05) is 30.5 Å². The number of hydrogen-bond donors (Lipinski definition) is 4. The van der Waals surface area contributed by atoms with Crippen LogP contribution in [0, 0.1) is 5.92 Å². The van der Waals surface area contributed by atoms with Crippen LogP contribution in [0.1, 0.15) is 25.3 Å². The first-order chi connectivity index (χ1) is 13.0. The smallest absolute Gasteiger partial charge is 0.243 e. The molecule has 3 rings (SSSR count). The Labute approximate surface area is 158 Å². The standard InChI is InChI=1S/C20H27N3O4/c1-13(24)23-18(10-15-11-21-17-5-3-2-4-16(15)17)20(26)22-12-19(25)14-6-8-27-9-7-14/h2-5,11,14,18-19,21,25H,6-10,12H2,1H3,(H,22,26)(H,23,24). The molecule has 0 spiro atoms. The summed E-state index contributed by atoms with van der Waals surface area (Å²) < 4.78 is 5.30. The maximum atomic E-state index is 12.7. The molecule has 27 heavy (non-hydrogen) atoms. The predicted octanol–water partition coefficient (Wildman–Crippen LogP) is 1.12. The van der Waals surface area contributed by atoms with Crippen molar-refractivity contribution in [2.24, 2.45) is 5.92 Å². The Morgan fingerprint density at radius 2 is 2.04 bits per heavy atom. The van der Waals surface area contributed by atoms with Gasteiger partial charge in [-0.2, -0.15) is 0 Å². The summed E-state index contributed by atoms with van der Waals surface area (Å²) in [6, 6.07) is 7.15. The minimum atomic E-state index is -0.691. The van der Waals surface area contributed by atoms with Crippen LogP contribution in [0.25, 0.3) is 10.9 Å².